The van der Waals surface area contributed by atoms with Crippen molar-refractivity contribution in [1.82, 2.24) is 14.8 Å². The van der Waals surface area contributed by atoms with Crippen molar-refractivity contribution >= 4 is 11.5 Å². The van der Waals surface area contributed by atoms with Crippen LogP contribution in [0.15, 0.2) is 0 Å². The third-order valence-corrected chi connectivity index (χ3v) is 2.92. The summed E-state index contributed by atoms with van der Waals surface area (Å²) in [5, 5.41) is 6.55. The maximum atomic E-state index is 6.10. The zero-order valence-electron chi connectivity index (χ0n) is 10.6. The highest BCUT2D eigenvalue weighted by Gasteiger charge is 2.16. The van der Waals surface area contributed by atoms with Crippen LogP contribution >= 0.6 is 0 Å². The second-order valence-electron chi connectivity index (χ2n) is 4.29. The Morgan fingerprint density at radius 2 is 2.12 bits per heavy atom. The molecule has 0 atom stereocenters. The minimum absolute atomic E-state index is 0.757. The summed E-state index contributed by atoms with van der Waals surface area (Å²) in [6, 6.07) is 0. The van der Waals surface area contributed by atoms with Gasteiger partial charge in [-0.3, -0.25) is 0 Å². The van der Waals surface area contributed by atoms with Crippen LogP contribution in [0.5, 0.6) is 0 Å². The Morgan fingerprint density at radius 3 is 2.76 bits per heavy atom. The molecule has 0 saturated carbocycles. The van der Waals surface area contributed by atoms with Crippen LogP contribution in [-0.2, 0) is 18.2 Å². The van der Waals surface area contributed by atoms with Crippen LogP contribution in [-0.4, -0.2) is 41.1 Å². The van der Waals surface area contributed by atoms with Crippen molar-refractivity contribution in [2.24, 2.45) is 7.05 Å². The average Bonchev–Trinajstić information content (AvgIpc) is 2.59. The van der Waals surface area contributed by atoms with Crippen LogP contribution in [0.1, 0.15) is 19.0 Å². The van der Waals surface area contributed by atoms with Crippen LogP contribution in [0.3, 0.4) is 0 Å². The number of hydrazine groups is 1. The lowest BCUT2D eigenvalue weighted by Gasteiger charge is -2.27. The van der Waals surface area contributed by atoms with Gasteiger partial charge in [-0.2, -0.15) is 5.10 Å². The van der Waals surface area contributed by atoms with Gasteiger partial charge in [0.25, 0.3) is 0 Å². The topological polar surface area (TPSA) is 68.3 Å². The fourth-order valence-corrected chi connectivity index (χ4v) is 1.97. The van der Waals surface area contributed by atoms with Crippen LogP contribution in [0.4, 0.5) is 11.5 Å². The Kier molecular flexibility index (Phi) is 3.86. The molecule has 1 aromatic heterocycles. The lowest BCUT2D eigenvalue weighted by molar-refractivity contribution is 0.0493. The maximum absolute atomic E-state index is 6.10. The summed E-state index contributed by atoms with van der Waals surface area (Å²) in [4.78, 5) is 0. The number of nitrogens with zero attached hydrogens (tertiary/aromatic N) is 3. The van der Waals surface area contributed by atoms with Gasteiger partial charge in [-0.1, -0.05) is 13.3 Å². The number of morpholine rings is 1. The van der Waals surface area contributed by atoms with Gasteiger partial charge < -0.3 is 15.9 Å². The highest BCUT2D eigenvalue weighted by Crippen LogP contribution is 2.23. The van der Waals surface area contributed by atoms with Crippen molar-refractivity contribution in [2.45, 2.75) is 19.8 Å². The van der Waals surface area contributed by atoms with Gasteiger partial charge in [0.15, 0.2) is 5.82 Å². The largest absolute Gasteiger partial charge is 0.394 e. The van der Waals surface area contributed by atoms with E-state index in [-0.39, 0.29) is 0 Å². The van der Waals surface area contributed by atoms with Gasteiger partial charge in [-0.05, 0) is 6.42 Å². The molecule has 0 amide bonds. The van der Waals surface area contributed by atoms with E-state index in [0.29, 0.717) is 0 Å². The molecule has 6 nitrogen and oxygen atoms in total. The van der Waals surface area contributed by atoms with E-state index in [9.17, 15) is 0 Å². The van der Waals surface area contributed by atoms with Crippen molar-refractivity contribution in [3.63, 3.8) is 0 Å². The van der Waals surface area contributed by atoms with E-state index in [0.717, 1.165) is 56.3 Å². The molecule has 0 spiro atoms. The summed E-state index contributed by atoms with van der Waals surface area (Å²) in [6.45, 7) is 5.38. The first-order valence-electron chi connectivity index (χ1n) is 6.13. The number of ether oxygens (including phenoxy) is 1. The first-order chi connectivity index (χ1) is 8.22. The number of nitrogens with two attached hydrogens (primary N) is 1. The van der Waals surface area contributed by atoms with Crippen LogP contribution in [0, 0.1) is 0 Å². The van der Waals surface area contributed by atoms with Gasteiger partial charge >= 0.3 is 0 Å². The summed E-state index contributed by atoms with van der Waals surface area (Å²) in [5.74, 6) is 0.885. The van der Waals surface area contributed by atoms with Crippen molar-refractivity contribution in [1.29, 1.82) is 0 Å². The van der Waals surface area contributed by atoms with Gasteiger partial charge in [0.2, 0.25) is 0 Å². The molecule has 2 rings (SSSR count). The Balaban J connectivity index is 2.08. The number of nitrogens with one attached hydrogen (secondary N) is 1. The van der Waals surface area contributed by atoms with E-state index in [1.807, 2.05) is 11.7 Å². The summed E-state index contributed by atoms with van der Waals surface area (Å²) in [6.07, 6.45) is 1.97. The predicted molar refractivity (Wildman–Crippen MR) is 67.6 cm³/mol. The summed E-state index contributed by atoms with van der Waals surface area (Å²) < 4.78 is 7.12. The van der Waals surface area contributed by atoms with E-state index in [1.165, 1.54) is 0 Å². The molecule has 1 fully saturated rings. The molecule has 0 bridgehead atoms. The monoisotopic (exact) mass is 239 g/mol. The molecule has 1 aliphatic heterocycles. The minimum Gasteiger partial charge on any atom is -0.394 e. The molecule has 0 unspecified atom stereocenters. The molecule has 3 N–H and O–H groups in total. The Morgan fingerprint density at radius 1 is 1.41 bits per heavy atom. The van der Waals surface area contributed by atoms with Gasteiger partial charge in [-0.15, -0.1) is 0 Å². The van der Waals surface area contributed by atoms with Crippen molar-refractivity contribution in [3.05, 3.63) is 5.69 Å². The molecule has 96 valence electrons. The zero-order chi connectivity index (χ0) is 12.3. The minimum atomic E-state index is 0.757. The number of aryl methyl sites for hydroxylation is 2. The molecule has 1 aromatic rings. The van der Waals surface area contributed by atoms with E-state index < -0.39 is 0 Å². The first-order valence-corrected chi connectivity index (χ1v) is 6.13. The Labute approximate surface area is 102 Å². The highest BCUT2D eigenvalue weighted by atomic mass is 16.5. The first kappa shape index (κ1) is 12.2. The fourth-order valence-electron chi connectivity index (χ4n) is 1.97. The molecule has 1 saturated heterocycles. The third-order valence-electron chi connectivity index (χ3n) is 2.92. The predicted octanol–water partition coefficient (Wildman–Crippen LogP) is 0.614. The Bertz CT molecular complexity index is 370. The number of anilines is 2. The summed E-state index contributed by atoms with van der Waals surface area (Å²) in [7, 11) is 1.91. The molecule has 17 heavy (non-hydrogen) atoms. The second-order valence-corrected chi connectivity index (χ2v) is 4.29. The summed E-state index contributed by atoms with van der Waals surface area (Å²) in [5.41, 5.74) is 11.2. The molecule has 2 heterocycles. The van der Waals surface area contributed by atoms with Gasteiger partial charge in [-0.25, -0.2) is 9.69 Å². The van der Waals surface area contributed by atoms with Gasteiger partial charge in [0.1, 0.15) is 0 Å². The molecule has 0 aliphatic carbocycles. The third kappa shape index (κ3) is 2.70. The van der Waals surface area contributed by atoms with E-state index in [2.05, 4.69) is 22.5 Å². The SMILES string of the molecule is CCCc1nn(C)c(NN2CCOCC2)c1N. The number of hydrogen-bond acceptors (Lipinski definition) is 5. The standard InChI is InChI=1S/C11H21N5O/c1-3-4-9-10(12)11(15(2)13-9)14-16-5-7-17-8-6-16/h14H,3-8,12H2,1-2H3. The van der Waals surface area contributed by atoms with Gasteiger partial charge in [0, 0.05) is 20.1 Å². The quantitative estimate of drug-likeness (QED) is 0.806. The van der Waals surface area contributed by atoms with Crippen LogP contribution in [0.2, 0.25) is 0 Å². The normalized spacial score (nSPS) is 17.3. The lowest BCUT2D eigenvalue weighted by Crippen LogP contribution is -2.40. The van der Waals surface area contributed by atoms with Crippen LogP contribution < -0.4 is 11.2 Å². The summed E-state index contributed by atoms with van der Waals surface area (Å²) >= 11 is 0. The number of hydrogen-bond donors (Lipinski definition) is 2. The van der Waals surface area contributed by atoms with E-state index in [4.69, 9.17) is 10.5 Å². The van der Waals surface area contributed by atoms with Crippen molar-refractivity contribution < 1.29 is 4.74 Å². The van der Waals surface area contributed by atoms with Crippen molar-refractivity contribution in [2.75, 3.05) is 37.5 Å². The fraction of sp³-hybridized carbons (Fsp3) is 0.727. The molecular weight excluding hydrogens is 218 g/mol. The molecule has 0 radical (unpaired) electrons. The maximum Gasteiger partial charge on any atom is 0.162 e. The van der Waals surface area contributed by atoms with E-state index in [1.54, 1.807) is 0 Å². The smallest absolute Gasteiger partial charge is 0.162 e. The second kappa shape index (κ2) is 5.37. The number of nitrogen functional groups attached to an aromatic ring is 1. The van der Waals surface area contributed by atoms with E-state index >= 15 is 0 Å². The van der Waals surface area contributed by atoms with Crippen molar-refractivity contribution in [3.8, 4) is 0 Å². The molecule has 0 aromatic carbocycles. The molecule has 1 aliphatic rings. The zero-order valence-corrected chi connectivity index (χ0v) is 10.6. The molecular formula is C11H21N5O. The number of aromatic nitrogens is 2. The average molecular weight is 239 g/mol. The van der Waals surface area contributed by atoms with Gasteiger partial charge in [0.05, 0.1) is 24.6 Å². The number of rotatable bonds is 4. The Hall–Kier alpha value is -1.27. The molecule has 6 heteroatoms. The van der Waals surface area contributed by atoms with Crippen LogP contribution in [0.25, 0.3) is 0 Å². The highest BCUT2D eigenvalue weighted by molar-refractivity contribution is 5.64. The lowest BCUT2D eigenvalue weighted by atomic mass is 10.2.